The van der Waals surface area contributed by atoms with Crippen molar-refractivity contribution in [1.29, 1.82) is 0 Å². The topological polar surface area (TPSA) is 52.6 Å². The van der Waals surface area contributed by atoms with Gasteiger partial charge in [0.05, 0.1) is 13.2 Å². The van der Waals surface area contributed by atoms with Crippen LogP contribution in [0, 0.1) is 11.8 Å². The van der Waals surface area contributed by atoms with Crippen molar-refractivity contribution in [3.05, 3.63) is 0 Å². The average Bonchev–Trinajstić information content (AvgIpc) is 2.31. The molecule has 1 saturated carbocycles. The molecule has 1 aliphatic rings. The van der Waals surface area contributed by atoms with E-state index in [0.717, 1.165) is 25.7 Å². The highest BCUT2D eigenvalue weighted by atomic mass is 16.6. The molecule has 0 aromatic heterocycles. The monoisotopic (exact) mass is 242 g/mol. The van der Waals surface area contributed by atoms with Crippen LogP contribution < -0.4 is 0 Å². The van der Waals surface area contributed by atoms with Crippen molar-refractivity contribution < 1.29 is 19.1 Å². The van der Waals surface area contributed by atoms with Crippen molar-refractivity contribution in [3.8, 4) is 0 Å². The van der Waals surface area contributed by atoms with Crippen molar-refractivity contribution >= 4 is 11.9 Å². The largest absolute Gasteiger partial charge is 0.465 e. The standard InChI is InChI=1S/C13H22O4/c1-3-16-12(14)11(13(15)17-4-2)10-8-6-5-7-9-10/h10-11H,3-9H2,1-2H3. The van der Waals surface area contributed by atoms with E-state index in [1.807, 2.05) is 0 Å². The Labute approximate surface area is 103 Å². The Morgan fingerprint density at radius 2 is 1.47 bits per heavy atom. The lowest BCUT2D eigenvalue weighted by Crippen LogP contribution is -2.35. The van der Waals surface area contributed by atoms with Gasteiger partial charge in [0.15, 0.2) is 5.92 Å². The SMILES string of the molecule is CCOC(=O)C(C(=O)OCC)C1CCCCC1. The van der Waals surface area contributed by atoms with Crippen molar-refractivity contribution in [1.82, 2.24) is 0 Å². The van der Waals surface area contributed by atoms with E-state index in [0.29, 0.717) is 13.2 Å². The van der Waals surface area contributed by atoms with Gasteiger partial charge in [0, 0.05) is 0 Å². The molecule has 0 radical (unpaired) electrons. The molecule has 0 heterocycles. The summed E-state index contributed by atoms with van der Waals surface area (Å²) in [5.74, 6) is -1.45. The second-order valence-corrected chi connectivity index (χ2v) is 4.38. The maximum atomic E-state index is 11.8. The second kappa shape index (κ2) is 7.30. The lowest BCUT2D eigenvalue weighted by Gasteiger charge is -2.27. The summed E-state index contributed by atoms with van der Waals surface area (Å²) in [5.41, 5.74) is 0. The average molecular weight is 242 g/mol. The van der Waals surface area contributed by atoms with Gasteiger partial charge in [-0.05, 0) is 32.6 Å². The summed E-state index contributed by atoms with van der Waals surface area (Å²) >= 11 is 0. The Balaban J connectivity index is 2.69. The van der Waals surface area contributed by atoms with E-state index in [1.165, 1.54) is 6.42 Å². The number of carbonyl (C=O) groups excluding carboxylic acids is 2. The molecule has 0 saturated heterocycles. The molecule has 0 bridgehead atoms. The third-order valence-corrected chi connectivity index (χ3v) is 3.20. The molecule has 1 fully saturated rings. The zero-order valence-electron chi connectivity index (χ0n) is 10.7. The van der Waals surface area contributed by atoms with Crippen LogP contribution in [0.3, 0.4) is 0 Å². The summed E-state index contributed by atoms with van der Waals surface area (Å²) in [4.78, 5) is 23.7. The molecule has 0 spiro atoms. The molecular weight excluding hydrogens is 220 g/mol. The molecule has 4 nitrogen and oxygen atoms in total. The van der Waals surface area contributed by atoms with Crippen LogP contribution in [-0.4, -0.2) is 25.2 Å². The first-order valence-electron chi connectivity index (χ1n) is 6.54. The predicted molar refractivity (Wildman–Crippen MR) is 63.3 cm³/mol. The first-order valence-corrected chi connectivity index (χ1v) is 6.54. The quantitative estimate of drug-likeness (QED) is 0.548. The maximum absolute atomic E-state index is 11.8. The number of rotatable bonds is 5. The summed E-state index contributed by atoms with van der Waals surface area (Å²) in [7, 11) is 0. The van der Waals surface area contributed by atoms with E-state index in [2.05, 4.69) is 0 Å². The van der Waals surface area contributed by atoms with E-state index in [9.17, 15) is 9.59 Å². The summed E-state index contributed by atoms with van der Waals surface area (Å²) in [5, 5.41) is 0. The van der Waals surface area contributed by atoms with Crippen molar-refractivity contribution in [3.63, 3.8) is 0 Å². The van der Waals surface area contributed by atoms with Gasteiger partial charge in [0.1, 0.15) is 0 Å². The van der Waals surface area contributed by atoms with E-state index >= 15 is 0 Å². The van der Waals surface area contributed by atoms with Gasteiger partial charge in [-0.15, -0.1) is 0 Å². The molecule has 0 aliphatic heterocycles. The van der Waals surface area contributed by atoms with Crippen LogP contribution in [-0.2, 0) is 19.1 Å². The molecule has 1 rings (SSSR count). The van der Waals surface area contributed by atoms with E-state index < -0.39 is 17.9 Å². The summed E-state index contributed by atoms with van der Waals surface area (Å²) in [6.07, 6.45) is 5.19. The van der Waals surface area contributed by atoms with Crippen LogP contribution in [0.2, 0.25) is 0 Å². The second-order valence-electron chi connectivity index (χ2n) is 4.38. The Kier molecular flexibility index (Phi) is 6.01. The van der Waals surface area contributed by atoms with Crippen LogP contribution in [0.15, 0.2) is 0 Å². The minimum absolute atomic E-state index is 0.0989. The molecule has 0 N–H and O–H groups in total. The molecule has 1 aliphatic carbocycles. The molecule has 0 atom stereocenters. The Morgan fingerprint density at radius 3 is 1.88 bits per heavy atom. The van der Waals surface area contributed by atoms with Crippen LogP contribution in [0.4, 0.5) is 0 Å². The summed E-state index contributed by atoms with van der Waals surface area (Å²) in [6.45, 7) is 4.12. The summed E-state index contributed by atoms with van der Waals surface area (Å²) < 4.78 is 9.97. The number of ether oxygens (including phenoxy) is 2. The fourth-order valence-corrected chi connectivity index (χ4v) is 2.41. The number of carbonyl (C=O) groups is 2. The molecule has 0 aromatic carbocycles. The van der Waals surface area contributed by atoms with Gasteiger partial charge in [-0.3, -0.25) is 9.59 Å². The Morgan fingerprint density at radius 1 is 1.00 bits per heavy atom. The van der Waals surface area contributed by atoms with Crippen LogP contribution in [0.25, 0.3) is 0 Å². The van der Waals surface area contributed by atoms with Crippen molar-refractivity contribution in [2.75, 3.05) is 13.2 Å². The first kappa shape index (κ1) is 14.0. The van der Waals surface area contributed by atoms with Gasteiger partial charge >= 0.3 is 11.9 Å². The Hall–Kier alpha value is -1.06. The number of esters is 2. The zero-order chi connectivity index (χ0) is 12.7. The fourth-order valence-electron chi connectivity index (χ4n) is 2.41. The molecule has 17 heavy (non-hydrogen) atoms. The third kappa shape index (κ3) is 4.02. The van der Waals surface area contributed by atoms with Gasteiger partial charge < -0.3 is 9.47 Å². The first-order chi connectivity index (χ1) is 8.20. The van der Waals surface area contributed by atoms with Gasteiger partial charge in [-0.2, -0.15) is 0 Å². The highest BCUT2D eigenvalue weighted by Gasteiger charge is 2.37. The minimum Gasteiger partial charge on any atom is -0.465 e. The lowest BCUT2D eigenvalue weighted by molar-refractivity contribution is -0.165. The lowest BCUT2D eigenvalue weighted by atomic mass is 9.80. The highest BCUT2D eigenvalue weighted by Crippen LogP contribution is 2.31. The molecule has 0 aromatic rings. The molecule has 4 heteroatoms. The van der Waals surface area contributed by atoms with Crippen molar-refractivity contribution in [2.24, 2.45) is 11.8 Å². The molecule has 0 unspecified atom stereocenters. The minimum atomic E-state index is -0.713. The van der Waals surface area contributed by atoms with Crippen molar-refractivity contribution in [2.45, 2.75) is 46.0 Å². The van der Waals surface area contributed by atoms with E-state index in [-0.39, 0.29) is 5.92 Å². The number of hydrogen-bond acceptors (Lipinski definition) is 4. The summed E-state index contributed by atoms with van der Waals surface area (Å²) in [6, 6.07) is 0. The maximum Gasteiger partial charge on any atom is 0.320 e. The predicted octanol–water partition coefficient (Wildman–Crippen LogP) is 2.31. The zero-order valence-corrected chi connectivity index (χ0v) is 10.7. The Bertz CT molecular complexity index is 238. The normalized spacial score (nSPS) is 16.9. The van der Waals surface area contributed by atoms with Gasteiger partial charge in [-0.1, -0.05) is 19.3 Å². The van der Waals surface area contributed by atoms with Gasteiger partial charge in [0.2, 0.25) is 0 Å². The molecule has 98 valence electrons. The van der Waals surface area contributed by atoms with Crippen LogP contribution >= 0.6 is 0 Å². The van der Waals surface area contributed by atoms with E-state index in [1.54, 1.807) is 13.8 Å². The van der Waals surface area contributed by atoms with Crippen LogP contribution in [0.5, 0.6) is 0 Å². The fraction of sp³-hybridized carbons (Fsp3) is 0.846. The highest BCUT2D eigenvalue weighted by molar-refractivity contribution is 5.95. The molecular formula is C13H22O4. The third-order valence-electron chi connectivity index (χ3n) is 3.20. The number of hydrogen-bond donors (Lipinski definition) is 0. The van der Waals surface area contributed by atoms with E-state index in [4.69, 9.17) is 9.47 Å². The molecule has 0 amide bonds. The van der Waals surface area contributed by atoms with Gasteiger partial charge in [-0.25, -0.2) is 0 Å². The van der Waals surface area contributed by atoms with Crippen LogP contribution in [0.1, 0.15) is 46.0 Å². The van der Waals surface area contributed by atoms with Gasteiger partial charge in [0.25, 0.3) is 0 Å². The smallest absolute Gasteiger partial charge is 0.320 e.